The second kappa shape index (κ2) is 8.71. The zero-order valence-electron chi connectivity index (χ0n) is 15.0. The third-order valence-electron chi connectivity index (χ3n) is 4.14. The van der Waals surface area contributed by atoms with E-state index in [0.717, 1.165) is 22.8 Å². The molecule has 2 aromatic rings. The monoisotopic (exact) mass is 407 g/mol. The third kappa shape index (κ3) is 4.08. The first-order valence-corrected chi connectivity index (χ1v) is 11.1. The zero-order chi connectivity index (χ0) is 19.4. The van der Waals surface area contributed by atoms with Gasteiger partial charge in [0.2, 0.25) is 0 Å². The molecule has 2 aromatic heterocycles. The van der Waals surface area contributed by atoms with E-state index in [2.05, 4.69) is 10.9 Å². The Hall–Kier alpha value is -2.13. The largest absolute Gasteiger partial charge is 0.465 e. The van der Waals surface area contributed by atoms with Crippen LogP contribution in [0.2, 0.25) is 0 Å². The van der Waals surface area contributed by atoms with Crippen molar-refractivity contribution >= 4 is 50.9 Å². The molecule has 0 aliphatic carbocycles. The van der Waals surface area contributed by atoms with Crippen LogP contribution < -0.4 is 0 Å². The highest BCUT2D eigenvalue weighted by Gasteiger charge is 2.46. The maximum absolute atomic E-state index is 12.4. The fourth-order valence-electron chi connectivity index (χ4n) is 2.82. The van der Waals surface area contributed by atoms with E-state index in [0.29, 0.717) is 13.0 Å². The van der Waals surface area contributed by atoms with Gasteiger partial charge in [-0.05, 0) is 37.7 Å². The first kappa shape index (κ1) is 19.6. The maximum Gasteiger partial charge on any atom is 0.328 e. The number of carbonyl (C=O) groups is 3. The number of ether oxygens (including phenoxy) is 1. The van der Waals surface area contributed by atoms with Gasteiger partial charge < -0.3 is 4.74 Å². The Labute approximate surface area is 164 Å². The van der Waals surface area contributed by atoms with Crippen molar-refractivity contribution < 1.29 is 19.1 Å². The second-order valence-corrected chi connectivity index (χ2v) is 8.69. The van der Waals surface area contributed by atoms with Crippen molar-refractivity contribution in [1.29, 1.82) is 0 Å². The molecule has 0 aromatic carbocycles. The van der Waals surface area contributed by atoms with Crippen molar-refractivity contribution in [3.05, 3.63) is 30.6 Å². The van der Waals surface area contributed by atoms with Crippen LogP contribution in [0.3, 0.4) is 0 Å². The predicted molar refractivity (Wildman–Crippen MR) is 107 cm³/mol. The third-order valence-corrected chi connectivity index (χ3v) is 6.89. The van der Waals surface area contributed by atoms with E-state index in [1.165, 1.54) is 4.90 Å². The van der Waals surface area contributed by atoms with Crippen LogP contribution in [0.15, 0.2) is 35.6 Å². The fraction of sp³-hybridized carbons (Fsp3) is 0.389. The number of rotatable bonds is 8. The van der Waals surface area contributed by atoms with Gasteiger partial charge in [-0.25, -0.2) is 4.98 Å². The molecule has 1 aliphatic rings. The summed E-state index contributed by atoms with van der Waals surface area (Å²) in [6.07, 6.45) is 5.20. The predicted octanol–water partition coefficient (Wildman–Crippen LogP) is 2.80. The minimum Gasteiger partial charge on any atom is -0.465 e. The van der Waals surface area contributed by atoms with Crippen LogP contribution in [0, 0.1) is 0 Å². The number of pyridine rings is 1. The Kier molecular flexibility index (Phi) is 6.33. The second-order valence-electron chi connectivity index (χ2n) is 5.89. The first-order chi connectivity index (χ1) is 13.0. The zero-order valence-corrected chi connectivity index (χ0v) is 16.6. The molecule has 0 saturated carbocycles. The van der Waals surface area contributed by atoms with Gasteiger partial charge in [0.15, 0.2) is 5.25 Å². The number of fused-ring (bicyclic) bond motifs is 1. The summed E-state index contributed by atoms with van der Waals surface area (Å²) < 4.78 is 6.93. The standard InChI is InChI=1S/C18H21N3O4S2/c1-3-25-17(23)15-16(22)21(18(24)27(15)2)10-4-5-12-26-14-8-6-7-13-19-9-11-20(13)14/h6-9,11,15H,2-5,10,12H2,1H3. The van der Waals surface area contributed by atoms with Gasteiger partial charge in [-0.1, -0.05) is 22.4 Å². The topological polar surface area (TPSA) is 81.0 Å². The number of hydrogen-bond acceptors (Lipinski definition) is 6. The van der Waals surface area contributed by atoms with Gasteiger partial charge >= 0.3 is 5.97 Å². The van der Waals surface area contributed by atoms with Crippen molar-refractivity contribution in [3.8, 4) is 0 Å². The van der Waals surface area contributed by atoms with Gasteiger partial charge in [-0.2, -0.15) is 0 Å². The van der Waals surface area contributed by atoms with Crippen LogP contribution in [0.25, 0.3) is 5.65 Å². The summed E-state index contributed by atoms with van der Waals surface area (Å²) in [7, 11) is -1.20. The molecule has 0 bridgehead atoms. The number of nitrogens with zero attached hydrogens (tertiary/aromatic N) is 3. The van der Waals surface area contributed by atoms with E-state index < -0.39 is 27.6 Å². The van der Waals surface area contributed by atoms with Crippen LogP contribution in [0.5, 0.6) is 0 Å². The summed E-state index contributed by atoms with van der Waals surface area (Å²) >= 11 is 1.70. The lowest BCUT2D eigenvalue weighted by atomic mass is 10.3. The maximum atomic E-state index is 12.4. The number of aromatic nitrogens is 2. The molecular formula is C18H21N3O4S2. The number of unbranched alkanes of at least 4 members (excludes halogenated alkanes) is 1. The highest BCUT2D eigenvalue weighted by molar-refractivity contribution is 8.28. The summed E-state index contributed by atoms with van der Waals surface area (Å²) in [5, 5.41) is -0.348. The Balaban J connectivity index is 1.49. The highest BCUT2D eigenvalue weighted by atomic mass is 32.2. The molecule has 2 amide bonds. The van der Waals surface area contributed by atoms with E-state index in [1.807, 2.05) is 28.8 Å². The van der Waals surface area contributed by atoms with E-state index in [-0.39, 0.29) is 11.8 Å². The van der Waals surface area contributed by atoms with E-state index in [9.17, 15) is 14.4 Å². The minimum atomic E-state index is -1.20. The van der Waals surface area contributed by atoms with E-state index >= 15 is 0 Å². The average molecular weight is 408 g/mol. The highest BCUT2D eigenvalue weighted by Crippen LogP contribution is 2.33. The molecule has 27 heavy (non-hydrogen) atoms. The molecule has 144 valence electrons. The normalized spacial score (nSPS) is 19.8. The van der Waals surface area contributed by atoms with E-state index in [1.54, 1.807) is 24.9 Å². The molecule has 2 unspecified atom stereocenters. The van der Waals surface area contributed by atoms with Gasteiger partial charge in [0.05, 0.1) is 11.6 Å². The van der Waals surface area contributed by atoms with Gasteiger partial charge in [0.25, 0.3) is 11.1 Å². The number of carbonyl (C=O) groups excluding carboxylic acids is 3. The molecule has 1 aliphatic heterocycles. The van der Waals surface area contributed by atoms with Gasteiger partial charge in [0.1, 0.15) is 5.65 Å². The average Bonchev–Trinajstić information content (AvgIpc) is 3.20. The van der Waals surface area contributed by atoms with Gasteiger partial charge in [-0.15, -0.1) is 11.8 Å². The number of thioether (sulfide) groups is 1. The lowest BCUT2D eigenvalue weighted by Crippen LogP contribution is -2.36. The Morgan fingerprint density at radius 1 is 1.37 bits per heavy atom. The molecule has 9 heteroatoms. The van der Waals surface area contributed by atoms with Gasteiger partial charge in [0, 0.05) is 18.9 Å². The van der Waals surface area contributed by atoms with Crippen molar-refractivity contribution in [2.24, 2.45) is 0 Å². The molecule has 2 atom stereocenters. The van der Waals surface area contributed by atoms with Crippen LogP contribution >= 0.6 is 22.2 Å². The van der Waals surface area contributed by atoms with Crippen molar-refractivity contribution in [2.45, 2.75) is 30.0 Å². The molecule has 3 rings (SSSR count). The molecule has 0 radical (unpaired) electrons. The number of imidazole rings is 1. The summed E-state index contributed by atoms with van der Waals surface area (Å²) in [6, 6.07) is 5.95. The molecule has 1 saturated heterocycles. The number of imide groups is 1. The van der Waals surface area contributed by atoms with Crippen molar-refractivity contribution in [1.82, 2.24) is 14.3 Å². The van der Waals surface area contributed by atoms with Crippen LogP contribution in [0.4, 0.5) is 4.79 Å². The Bertz CT molecular complexity index is 896. The lowest BCUT2D eigenvalue weighted by Gasteiger charge is -2.13. The minimum absolute atomic E-state index is 0.175. The molecule has 3 heterocycles. The van der Waals surface area contributed by atoms with Gasteiger partial charge in [-0.3, -0.25) is 23.7 Å². The SMILES string of the molecule is C=S1C(=O)N(CCCCSc2cccc3nccn23)C(=O)C1C(=O)OCC. The fourth-order valence-corrected chi connectivity index (χ4v) is 5.18. The Morgan fingerprint density at radius 3 is 2.96 bits per heavy atom. The quantitative estimate of drug-likeness (QED) is 0.220. The molecule has 0 N–H and O–H groups in total. The summed E-state index contributed by atoms with van der Waals surface area (Å²) in [6.45, 7) is 2.15. The molecular weight excluding hydrogens is 386 g/mol. The molecule has 1 fully saturated rings. The first-order valence-electron chi connectivity index (χ1n) is 8.64. The summed E-state index contributed by atoms with van der Waals surface area (Å²) in [4.78, 5) is 42.0. The smallest absolute Gasteiger partial charge is 0.328 e. The molecule has 0 spiro atoms. The lowest BCUT2D eigenvalue weighted by molar-refractivity contribution is -0.146. The van der Waals surface area contributed by atoms with Crippen LogP contribution in [-0.4, -0.2) is 61.4 Å². The molecule has 7 nitrogen and oxygen atoms in total. The number of hydrogen-bond donors (Lipinski definition) is 0. The van der Waals surface area contributed by atoms with Crippen LogP contribution in [0.1, 0.15) is 19.8 Å². The summed E-state index contributed by atoms with van der Waals surface area (Å²) in [5.41, 5.74) is 0.903. The Morgan fingerprint density at radius 2 is 2.19 bits per heavy atom. The van der Waals surface area contributed by atoms with Crippen molar-refractivity contribution in [3.63, 3.8) is 0 Å². The number of amides is 2. The van der Waals surface area contributed by atoms with Crippen molar-refractivity contribution in [2.75, 3.05) is 18.9 Å². The summed E-state index contributed by atoms with van der Waals surface area (Å²) in [5.74, 6) is 3.43. The number of esters is 1. The van der Waals surface area contributed by atoms with E-state index in [4.69, 9.17) is 4.74 Å². The van der Waals surface area contributed by atoms with Crippen LogP contribution in [-0.2, 0) is 14.3 Å².